The third kappa shape index (κ3) is 1.42. The van der Waals surface area contributed by atoms with Crippen LogP contribution in [0.3, 0.4) is 0 Å². The van der Waals surface area contributed by atoms with Crippen LogP contribution in [0.15, 0.2) is 0 Å². The number of carbonyl (C=O) groups is 1. The van der Waals surface area contributed by atoms with Crippen molar-refractivity contribution >= 4 is 5.97 Å². The molecule has 0 unspecified atom stereocenters. The first-order chi connectivity index (χ1) is 6.79. The van der Waals surface area contributed by atoms with Gasteiger partial charge in [-0.25, -0.2) is 0 Å². The molecule has 4 heteroatoms. The molecule has 0 atom stereocenters. The predicted octanol–water partition coefficient (Wildman–Crippen LogP) is 0.603. The Hall–Kier alpha value is -0.610. The fourth-order valence-electron chi connectivity index (χ4n) is 2.30. The fraction of sp³-hybridized carbons (Fsp3) is 0.900. The number of methoxy groups -OCH3 is 1. The van der Waals surface area contributed by atoms with E-state index >= 15 is 0 Å². The van der Waals surface area contributed by atoms with Crippen LogP contribution in [-0.2, 0) is 19.0 Å². The standard InChI is InChI=1S/C10H16O4/c1-12-9(11)10(6-14-7-10)8-2-4-13-5-3-8/h8H,2-7H2,1H3. The quantitative estimate of drug-likeness (QED) is 0.612. The zero-order valence-corrected chi connectivity index (χ0v) is 8.45. The van der Waals surface area contributed by atoms with Gasteiger partial charge in [-0.05, 0) is 18.8 Å². The summed E-state index contributed by atoms with van der Waals surface area (Å²) in [5, 5.41) is 0. The van der Waals surface area contributed by atoms with E-state index < -0.39 is 0 Å². The van der Waals surface area contributed by atoms with Gasteiger partial charge in [-0.2, -0.15) is 0 Å². The van der Waals surface area contributed by atoms with Gasteiger partial charge in [0, 0.05) is 13.2 Å². The van der Waals surface area contributed by atoms with Gasteiger partial charge in [0.25, 0.3) is 0 Å². The molecule has 0 N–H and O–H groups in total. The molecule has 2 heterocycles. The zero-order valence-electron chi connectivity index (χ0n) is 8.45. The third-order valence-electron chi connectivity index (χ3n) is 3.31. The van der Waals surface area contributed by atoms with E-state index in [1.54, 1.807) is 0 Å². The second kappa shape index (κ2) is 3.87. The molecule has 0 aromatic heterocycles. The molecule has 14 heavy (non-hydrogen) atoms. The van der Waals surface area contributed by atoms with E-state index in [9.17, 15) is 4.79 Å². The molecule has 0 aliphatic carbocycles. The summed E-state index contributed by atoms with van der Waals surface area (Å²) in [6, 6.07) is 0. The lowest BCUT2D eigenvalue weighted by atomic mass is 9.70. The smallest absolute Gasteiger partial charge is 0.316 e. The predicted molar refractivity (Wildman–Crippen MR) is 48.8 cm³/mol. The Morgan fingerprint density at radius 2 is 1.93 bits per heavy atom. The van der Waals surface area contributed by atoms with Gasteiger partial charge in [0.05, 0.1) is 20.3 Å². The molecule has 4 nitrogen and oxygen atoms in total. The lowest BCUT2D eigenvalue weighted by Gasteiger charge is -2.45. The molecule has 2 aliphatic rings. The van der Waals surface area contributed by atoms with Crippen LogP contribution in [-0.4, -0.2) is 39.5 Å². The molecule has 2 saturated heterocycles. The molecule has 0 saturated carbocycles. The lowest BCUT2D eigenvalue weighted by Crippen LogP contribution is -2.55. The Balaban J connectivity index is 2.06. The summed E-state index contributed by atoms with van der Waals surface area (Å²) < 4.78 is 15.3. The second-order valence-corrected chi connectivity index (χ2v) is 4.03. The van der Waals surface area contributed by atoms with Crippen molar-refractivity contribution in [3.8, 4) is 0 Å². The summed E-state index contributed by atoms with van der Waals surface area (Å²) in [7, 11) is 1.45. The van der Waals surface area contributed by atoms with E-state index in [1.165, 1.54) is 7.11 Å². The van der Waals surface area contributed by atoms with Gasteiger partial charge in [-0.1, -0.05) is 0 Å². The topological polar surface area (TPSA) is 44.8 Å². The summed E-state index contributed by atoms with van der Waals surface area (Å²) in [4.78, 5) is 11.7. The highest BCUT2D eigenvalue weighted by Crippen LogP contribution is 2.42. The normalized spacial score (nSPS) is 26.6. The molecule has 0 amide bonds. The zero-order chi connectivity index (χ0) is 10.0. The molecule has 0 aromatic carbocycles. The third-order valence-corrected chi connectivity index (χ3v) is 3.31. The van der Waals surface area contributed by atoms with Crippen molar-refractivity contribution in [2.45, 2.75) is 12.8 Å². The highest BCUT2D eigenvalue weighted by atomic mass is 16.5. The molecule has 2 rings (SSSR count). The van der Waals surface area contributed by atoms with Crippen molar-refractivity contribution in [3.63, 3.8) is 0 Å². The van der Waals surface area contributed by atoms with Gasteiger partial charge in [0.2, 0.25) is 0 Å². The Morgan fingerprint density at radius 1 is 1.29 bits per heavy atom. The van der Waals surface area contributed by atoms with Crippen molar-refractivity contribution in [2.24, 2.45) is 11.3 Å². The summed E-state index contributed by atoms with van der Waals surface area (Å²) in [6.45, 7) is 2.54. The van der Waals surface area contributed by atoms with Crippen molar-refractivity contribution in [3.05, 3.63) is 0 Å². The largest absolute Gasteiger partial charge is 0.468 e. The molecule has 0 aromatic rings. The lowest BCUT2D eigenvalue weighted by molar-refractivity contribution is -0.201. The van der Waals surface area contributed by atoms with Gasteiger partial charge in [0.1, 0.15) is 5.41 Å². The molecule has 80 valence electrons. The first-order valence-corrected chi connectivity index (χ1v) is 5.03. The maximum atomic E-state index is 11.7. The number of hydrogen-bond donors (Lipinski definition) is 0. The van der Waals surface area contributed by atoms with Crippen molar-refractivity contribution in [1.82, 2.24) is 0 Å². The van der Waals surface area contributed by atoms with Gasteiger partial charge < -0.3 is 14.2 Å². The van der Waals surface area contributed by atoms with E-state index in [0.29, 0.717) is 19.1 Å². The SMILES string of the molecule is COC(=O)C1(C2CCOCC2)COC1. The molecule has 0 spiro atoms. The number of carbonyl (C=O) groups excluding carboxylic acids is 1. The average Bonchev–Trinajstić information content (AvgIpc) is 2.17. The number of ether oxygens (including phenoxy) is 3. The molecular formula is C10H16O4. The maximum Gasteiger partial charge on any atom is 0.316 e. The average molecular weight is 200 g/mol. The molecule has 2 fully saturated rings. The minimum atomic E-state index is -0.363. The van der Waals surface area contributed by atoms with Gasteiger partial charge in [-0.15, -0.1) is 0 Å². The molecule has 2 aliphatic heterocycles. The highest BCUT2D eigenvalue weighted by molar-refractivity contribution is 5.78. The van der Waals surface area contributed by atoms with Crippen LogP contribution in [0, 0.1) is 11.3 Å². The Labute approximate surface area is 83.5 Å². The Kier molecular flexibility index (Phi) is 2.74. The van der Waals surface area contributed by atoms with E-state index in [-0.39, 0.29) is 11.4 Å². The van der Waals surface area contributed by atoms with Crippen LogP contribution in [0.25, 0.3) is 0 Å². The number of esters is 1. The molecular weight excluding hydrogens is 184 g/mol. The van der Waals surface area contributed by atoms with Crippen LogP contribution in [0.4, 0.5) is 0 Å². The summed E-state index contributed by atoms with van der Waals surface area (Å²) in [5.41, 5.74) is -0.363. The van der Waals surface area contributed by atoms with E-state index in [4.69, 9.17) is 14.2 Å². The van der Waals surface area contributed by atoms with Crippen LogP contribution in [0.5, 0.6) is 0 Å². The Morgan fingerprint density at radius 3 is 2.36 bits per heavy atom. The summed E-state index contributed by atoms with van der Waals surface area (Å²) in [6.07, 6.45) is 1.89. The number of hydrogen-bond acceptors (Lipinski definition) is 4. The van der Waals surface area contributed by atoms with Gasteiger partial charge in [-0.3, -0.25) is 4.79 Å². The number of rotatable bonds is 2. The van der Waals surface area contributed by atoms with Crippen molar-refractivity contribution in [1.29, 1.82) is 0 Å². The maximum absolute atomic E-state index is 11.7. The Bertz CT molecular complexity index is 216. The van der Waals surface area contributed by atoms with Crippen molar-refractivity contribution in [2.75, 3.05) is 33.5 Å². The van der Waals surface area contributed by atoms with Gasteiger partial charge in [0.15, 0.2) is 0 Å². The van der Waals surface area contributed by atoms with Crippen LogP contribution < -0.4 is 0 Å². The molecule has 0 radical (unpaired) electrons. The summed E-state index contributed by atoms with van der Waals surface area (Å²) in [5.74, 6) is 0.258. The van der Waals surface area contributed by atoms with E-state index in [0.717, 1.165) is 26.1 Å². The first kappa shape index (κ1) is 9.93. The van der Waals surface area contributed by atoms with Crippen molar-refractivity contribution < 1.29 is 19.0 Å². The minimum absolute atomic E-state index is 0.115. The summed E-state index contributed by atoms with van der Waals surface area (Å²) >= 11 is 0. The van der Waals surface area contributed by atoms with Gasteiger partial charge >= 0.3 is 5.97 Å². The van der Waals surface area contributed by atoms with Crippen LogP contribution in [0.2, 0.25) is 0 Å². The van der Waals surface area contributed by atoms with E-state index in [1.807, 2.05) is 0 Å². The first-order valence-electron chi connectivity index (χ1n) is 5.03. The van der Waals surface area contributed by atoms with Crippen LogP contribution >= 0.6 is 0 Å². The van der Waals surface area contributed by atoms with Crippen LogP contribution in [0.1, 0.15) is 12.8 Å². The second-order valence-electron chi connectivity index (χ2n) is 4.03. The molecule has 0 bridgehead atoms. The fourth-order valence-corrected chi connectivity index (χ4v) is 2.30. The minimum Gasteiger partial charge on any atom is -0.468 e. The monoisotopic (exact) mass is 200 g/mol. The highest BCUT2D eigenvalue weighted by Gasteiger charge is 2.53. The van der Waals surface area contributed by atoms with E-state index in [2.05, 4.69) is 0 Å².